The molecule has 0 saturated heterocycles. The van der Waals surface area contributed by atoms with Crippen molar-refractivity contribution in [1.29, 1.82) is 0 Å². The van der Waals surface area contributed by atoms with E-state index in [1.54, 1.807) is 0 Å². The first-order valence-corrected chi connectivity index (χ1v) is 11.8. The van der Waals surface area contributed by atoms with Gasteiger partial charge in [-0.15, -0.1) is 0 Å². The second kappa shape index (κ2) is 8.05. The molecule has 3 aliphatic carbocycles. The van der Waals surface area contributed by atoms with Gasteiger partial charge in [-0.2, -0.15) is 0 Å². The van der Waals surface area contributed by atoms with E-state index in [0.29, 0.717) is 24.0 Å². The number of carbonyl (C=O) groups is 2. The number of esters is 2. The van der Waals surface area contributed by atoms with Crippen LogP contribution in [-0.4, -0.2) is 36.1 Å². The number of allylic oxidation sites excluding steroid dienone is 2. The third kappa shape index (κ3) is 2.87. The molecule has 3 aliphatic rings. The number of hydrogen-bond acceptors (Lipinski definition) is 6. The Morgan fingerprint density at radius 2 is 1.18 bits per heavy atom. The number of hydrogen-bond donors (Lipinski definition) is 0. The maximum Gasteiger partial charge on any atom is 0.335 e. The van der Waals surface area contributed by atoms with E-state index in [1.165, 1.54) is 14.2 Å². The molecule has 0 fully saturated rings. The summed E-state index contributed by atoms with van der Waals surface area (Å²) in [5.74, 6) is -1.05. The molecule has 0 amide bonds. The average molecular weight is 457 g/mol. The topological polar surface area (TPSA) is 78.4 Å². The Morgan fingerprint density at radius 3 is 1.53 bits per heavy atom. The van der Waals surface area contributed by atoms with Crippen LogP contribution in [0.4, 0.5) is 0 Å². The Morgan fingerprint density at radius 1 is 0.765 bits per heavy atom. The van der Waals surface area contributed by atoms with Gasteiger partial charge < -0.3 is 9.47 Å². The molecule has 6 rings (SSSR count). The van der Waals surface area contributed by atoms with Gasteiger partial charge in [0, 0.05) is 0 Å². The molecule has 6 nitrogen and oxygen atoms in total. The Bertz CT molecular complexity index is 1300. The van der Waals surface area contributed by atoms with Crippen LogP contribution in [0.2, 0.25) is 0 Å². The van der Waals surface area contributed by atoms with Crippen molar-refractivity contribution in [3.63, 3.8) is 0 Å². The van der Waals surface area contributed by atoms with Crippen LogP contribution >= 0.6 is 0 Å². The monoisotopic (exact) mass is 456 g/mol. The summed E-state index contributed by atoms with van der Waals surface area (Å²) in [6.45, 7) is 4.11. The zero-order chi connectivity index (χ0) is 24.1. The summed E-state index contributed by atoms with van der Waals surface area (Å²) in [4.78, 5) is 36.9. The van der Waals surface area contributed by atoms with Crippen LogP contribution < -0.4 is 0 Å². The van der Waals surface area contributed by atoms with E-state index in [2.05, 4.69) is 38.1 Å². The van der Waals surface area contributed by atoms with Gasteiger partial charge >= 0.3 is 11.9 Å². The normalized spacial score (nSPS) is 22.8. The zero-order valence-electron chi connectivity index (χ0n) is 20.0. The lowest BCUT2D eigenvalue weighted by Gasteiger charge is -2.49. The fraction of sp³-hybridized carbons (Fsp3) is 0.357. The van der Waals surface area contributed by atoms with Gasteiger partial charge in [-0.1, -0.05) is 63.1 Å². The number of benzene rings is 2. The first-order valence-electron chi connectivity index (χ1n) is 11.8. The summed E-state index contributed by atoms with van der Waals surface area (Å²) >= 11 is 0. The van der Waals surface area contributed by atoms with Crippen molar-refractivity contribution in [2.45, 2.75) is 50.4 Å². The first-order chi connectivity index (χ1) is 16.5. The van der Waals surface area contributed by atoms with Gasteiger partial charge in [0.15, 0.2) is 0 Å². The molecule has 34 heavy (non-hydrogen) atoms. The van der Waals surface area contributed by atoms with Crippen molar-refractivity contribution in [3.05, 3.63) is 71.1 Å². The lowest BCUT2D eigenvalue weighted by molar-refractivity contribution is -0.140. The molecule has 0 radical (unpaired) electrons. The molecule has 0 saturated carbocycles. The lowest BCUT2D eigenvalue weighted by Crippen LogP contribution is -2.51. The van der Waals surface area contributed by atoms with E-state index >= 15 is 0 Å². The molecule has 1 heterocycles. The van der Waals surface area contributed by atoms with Crippen LogP contribution in [0.1, 0.15) is 50.9 Å². The van der Waals surface area contributed by atoms with Crippen LogP contribution in [0, 0.1) is 0 Å². The van der Waals surface area contributed by atoms with Gasteiger partial charge in [-0.3, -0.25) is 0 Å². The Balaban J connectivity index is 1.93. The van der Waals surface area contributed by atoms with Gasteiger partial charge in [0.1, 0.15) is 0 Å². The standard InChI is InChI=1S/C28H28N2O4/c1-5-11-27-13-14-28(12-6-2,22(26(32)34-4)21(27)25(31)33-3)24-23(27)29-19-15-17-9-7-8-10-18(17)16-20(19)30-24/h7-10,13-16H,5-6,11-12H2,1-4H3. The van der Waals surface area contributed by atoms with Gasteiger partial charge in [0.2, 0.25) is 0 Å². The van der Waals surface area contributed by atoms with Crippen LogP contribution in [-0.2, 0) is 29.9 Å². The van der Waals surface area contributed by atoms with Crippen molar-refractivity contribution in [2.75, 3.05) is 14.2 Å². The lowest BCUT2D eigenvalue weighted by atomic mass is 9.53. The highest BCUT2D eigenvalue weighted by Crippen LogP contribution is 2.58. The van der Waals surface area contributed by atoms with E-state index in [-0.39, 0.29) is 0 Å². The van der Waals surface area contributed by atoms with E-state index in [9.17, 15) is 9.59 Å². The maximum atomic E-state index is 13.3. The highest BCUT2D eigenvalue weighted by atomic mass is 16.5. The molecule has 2 bridgehead atoms. The second-order valence-corrected chi connectivity index (χ2v) is 9.12. The van der Waals surface area contributed by atoms with E-state index in [4.69, 9.17) is 19.4 Å². The highest BCUT2D eigenvalue weighted by molar-refractivity contribution is 6.07. The summed E-state index contributed by atoms with van der Waals surface area (Å²) in [5, 5.41) is 2.15. The number of carbonyl (C=O) groups excluding carboxylic acids is 2. The molecule has 3 aromatic rings. The molecule has 0 aliphatic heterocycles. The number of methoxy groups -OCH3 is 2. The number of nitrogens with zero attached hydrogens (tertiary/aromatic N) is 2. The third-order valence-electron chi connectivity index (χ3n) is 7.24. The molecule has 174 valence electrons. The smallest absolute Gasteiger partial charge is 0.335 e. The molecule has 0 spiro atoms. The number of ether oxygens (including phenoxy) is 2. The number of aromatic nitrogens is 2. The van der Waals surface area contributed by atoms with E-state index in [1.807, 2.05) is 24.3 Å². The van der Waals surface area contributed by atoms with Crippen LogP contribution in [0.3, 0.4) is 0 Å². The fourth-order valence-corrected chi connectivity index (χ4v) is 5.87. The highest BCUT2D eigenvalue weighted by Gasteiger charge is 2.59. The summed E-state index contributed by atoms with van der Waals surface area (Å²) in [5.41, 5.74) is 1.88. The fourth-order valence-electron chi connectivity index (χ4n) is 5.87. The summed E-state index contributed by atoms with van der Waals surface area (Å²) in [7, 11) is 2.70. The van der Waals surface area contributed by atoms with Gasteiger partial charge in [0.05, 0.1) is 58.6 Å². The largest absolute Gasteiger partial charge is 0.466 e. The van der Waals surface area contributed by atoms with Crippen molar-refractivity contribution < 1.29 is 19.1 Å². The van der Waals surface area contributed by atoms with Crippen molar-refractivity contribution >= 4 is 33.7 Å². The van der Waals surface area contributed by atoms with Crippen LogP contribution in [0.25, 0.3) is 21.8 Å². The van der Waals surface area contributed by atoms with Crippen molar-refractivity contribution in [1.82, 2.24) is 9.97 Å². The Labute approximate surface area is 198 Å². The minimum absolute atomic E-state index is 0.335. The molecule has 2 aromatic carbocycles. The Kier molecular flexibility index (Phi) is 5.27. The molecular formula is C28H28N2O4. The summed E-state index contributed by atoms with van der Waals surface area (Å²) < 4.78 is 10.5. The van der Waals surface area contributed by atoms with Crippen molar-refractivity contribution in [3.8, 4) is 0 Å². The number of fused-ring (bicyclic) bond motifs is 2. The number of rotatable bonds is 6. The second-order valence-electron chi connectivity index (χ2n) is 9.12. The average Bonchev–Trinajstić information content (AvgIpc) is 2.86. The molecule has 6 heteroatoms. The van der Waals surface area contributed by atoms with E-state index < -0.39 is 22.8 Å². The molecule has 1 aromatic heterocycles. The Hall–Kier alpha value is -3.54. The predicted molar refractivity (Wildman–Crippen MR) is 130 cm³/mol. The van der Waals surface area contributed by atoms with Gasteiger partial charge in [-0.25, -0.2) is 19.6 Å². The zero-order valence-corrected chi connectivity index (χ0v) is 20.0. The van der Waals surface area contributed by atoms with E-state index in [0.717, 1.165) is 46.0 Å². The summed E-state index contributed by atoms with van der Waals surface area (Å²) in [6, 6.07) is 12.2. The molecule has 0 N–H and O–H groups in total. The van der Waals surface area contributed by atoms with Gasteiger partial charge in [0.25, 0.3) is 0 Å². The third-order valence-corrected chi connectivity index (χ3v) is 7.24. The van der Waals surface area contributed by atoms with Crippen LogP contribution in [0.15, 0.2) is 59.7 Å². The molecular weight excluding hydrogens is 428 g/mol. The van der Waals surface area contributed by atoms with Gasteiger partial charge in [-0.05, 0) is 35.7 Å². The minimum atomic E-state index is -0.900. The molecule has 2 atom stereocenters. The first kappa shape index (κ1) is 22.3. The quantitative estimate of drug-likeness (QED) is 0.292. The SMILES string of the molecule is CCCC12C=CC(CCC)(C(C(=O)OC)=C1C(=O)OC)c1nc3cc4ccccc4cc3nc12. The summed E-state index contributed by atoms with van der Waals surface area (Å²) in [6.07, 6.45) is 6.84. The predicted octanol–water partition coefficient (Wildman–Crippen LogP) is 5.08. The van der Waals surface area contributed by atoms with Crippen molar-refractivity contribution in [2.24, 2.45) is 0 Å². The minimum Gasteiger partial charge on any atom is -0.466 e. The molecule has 2 unspecified atom stereocenters. The maximum absolute atomic E-state index is 13.3. The van der Waals surface area contributed by atoms with Crippen LogP contribution in [0.5, 0.6) is 0 Å².